The standard InChI is InChI=1S/C13H16O4/c1-13(2)7-9-8(12(14)16-4)5-6-10(15-3)11(9)17-13/h5-6H,7H2,1-4H3. The molecule has 0 aromatic heterocycles. The lowest BCUT2D eigenvalue weighted by atomic mass is 9.97. The minimum Gasteiger partial charge on any atom is -0.493 e. The second-order valence-electron chi connectivity index (χ2n) is 4.65. The SMILES string of the molecule is COC(=O)c1ccc(OC)c2c1CC(C)(C)O2. The number of benzene rings is 1. The minimum absolute atomic E-state index is 0.320. The van der Waals surface area contributed by atoms with Crippen LogP contribution in [0.4, 0.5) is 0 Å². The number of rotatable bonds is 2. The zero-order valence-corrected chi connectivity index (χ0v) is 10.5. The molecule has 1 heterocycles. The molecule has 0 radical (unpaired) electrons. The molecule has 92 valence electrons. The van der Waals surface area contributed by atoms with Crippen molar-refractivity contribution in [1.29, 1.82) is 0 Å². The summed E-state index contributed by atoms with van der Waals surface area (Å²) in [7, 11) is 2.96. The van der Waals surface area contributed by atoms with Crippen molar-refractivity contribution in [2.75, 3.05) is 14.2 Å². The lowest BCUT2D eigenvalue weighted by Gasteiger charge is -2.17. The summed E-state index contributed by atoms with van der Waals surface area (Å²) in [5.41, 5.74) is 1.09. The van der Waals surface area contributed by atoms with E-state index in [0.717, 1.165) is 5.56 Å². The Morgan fingerprint density at radius 1 is 1.35 bits per heavy atom. The summed E-state index contributed by atoms with van der Waals surface area (Å²) in [6.45, 7) is 3.96. The maximum Gasteiger partial charge on any atom is 0.338 e. The van der Waals surface area contributed by atoms with Crippen LogP contribution >= 0.6 is 0 Å². The van der Waals surface area contributed by atoms with E-state index < -0.39 is 0 Å². The van der Waals surface area contributed by atoms with E-state index in [4.69, 9.17) is 14.2 Å². The Balaban J connectivity index is 2.55. The molecule has 2 rings (SSSR count). The molecule has 0 N–H and O–H groups in total. The zero-order valence-electron chi connectivity index (χ0n) is 10.5. The summed E-state index contributed by atoms with van der Waals surface area (Å²) in [6.07, 6.45) is 0.671. The van der Waals surface area contributed by atoms with Crippen LogP contribution < -0.4 is 9.47 Å². The third kappa shape index (κ3) is 1.95. The molecule has 1 aromatic rings. The lowest BCUT2D eigenvalue weighted by Crippen LogP contribution is -2.25. The quantitative estimate of drug-likeness (QED) is 0.738. The van der Waals surface area contributed by atoms with Gasteiger partial charge >= 0.3 is 5.97 Å². The van der Waals surface area contributed by atoms with Crippen molar-refractivity contribution in [2.45, 2.75) is 25.9 Å². The first-order valence-corrected chi connectivity index (χ1v) is 5.45. The molecule has 0 saturated carbocycles. The number of hydrogen-bond acceptors (Lipinski definition) is 4. The Morgan fingerprint density at radius 2 is 2.06 bits per heavy atom. The van der Waals surface area contributed by atoms with Crippen molar-refractivity contribution in [1.82, 2.24) is 0 Å². The summed E-state index contributed by atoms with van der Waals surface area (Å²) in [6, 6.07) is 3.45. The van der Waals surface area contributed by atoms with Crippen molar-refractivity contribution >= 4 is 5.97 Å². The van der Waals surface area contributed by atoms with Crippen molar-refractivity contribution in [3.05, 3.63) is 23.3 Å². The first-order valence-electron chi connectivity index (χ1n) is 5.45. The van der Waals surface area contributed by atoms with Crippen LogP contribution in [0, 0.1) is 0 Å². The molecule has 0 amide bonds. The van der Waals surface area contributed by atoms with Crippen LogP contribution in [0.2, 0.25) is 0 Å². The van der Waals surface area contributed by atoms with E-state index >= 15 is 0 Å². The fraction of sp³-hybridized carbons (Fsp3) is 0.462. The summed E-state index contributed by atoms with van der Waals surface area (Å²) >= 11 is 0. The second-order valence-corrected chi connectivity index (χ2v) is 4.65. The Bertz CT molecular complexity index is 463. The van der Waals surface area contributed by atoms with Crippen molar-refractivity contribution in [3.63, 3.8) is 0 Å². The Labute approximate surface area is 100 Å². The molecule has 1 aliphatic heterocycles. The molecule has 17 heavy (non-hydrogen) atoms. The largest absolute Gasteiger partial charge is 0.493 e. The molecule has 0 saturated heterocycles. The molecular weight excluding hydrogens is 220 g/mol. The number of hydrogen-bond donors (Lipinski definition) is 0. The predicted octanol–water partition coefficient (Wildman–Crippen LogP) is 2.20. The maximum atomic E-state index is 11.7. The molecule has 0 atom stereocenters. The highest BCUT2D eigenvalue weighted by Crippen LogP contribution is 2.43. The van der Waals surface area contributed by atoms with Crippen LogP contribution in [0.25, 0.3) is 0 Å². The highest BCUT2D eigenvalue weighted by molar-refractivity contribution is 5.92. The number of methoxy groups -OCH3 is 2. The Morgan fingerprint density at radius 3 is 2.65 bits per heavy atom. The highest BCUT2D eigenvalue weighted by atomic mass is 16.5. The van der Waals surface area contributed by atoms with E-state index in [1.165, 1.54) is 7.11 Å². The van der Waals surface area contributed by atoms with Gasteiger partial charge in [-0.2, -0.15) is 0 Å². The average molecular weight is 236 g/mol. The fourth-order valence-electron chi connectivity index (χ4n) is 2.09. The number of ether oxygens (including phenoxy) is 3. The molecule has 0 fully saturated rings. The molecule has 4 heteroatoms. The van der Waals surface area contributed by atoms with E-state index in [-0.39, 0.29) is 11.6 Å². The third-order valence-electron chi connectivity index (χ3n) is 2.83. The van der Waals surface area contributed by atoms with Gasteiger partial charge in [0.2, 0.25) is 0 Å². The first kappa shape index (κ1) is 11.8. The molecule has 0 aliphatic carbocycles. The number of carbonyl (C=O) groups is 1. The van der Waals surface area contributed by atoms with Gasteiger partial charge in [0.1, 0.15) is 5.60 Å². The lowest BCUT2D eigenvalue weighted by molar-refractivity contribution is 0.0599. The van der Waals surface area contributed by atoms with Gasteiger partial charge in [-0.1, -0.05) is 0 Å². The summed E-state index contributed by atoms with van der Waals surface area (Å²) < 4.78 is 15.8. The minimum atomic E-state index is -0.342. The topological polar surface area (TPSA) is 44.8 Å². The van der Waals surface area contributed by atoms with Gasteiger partial charge in [0, 0.05) is 12.0 Å². The summed E-state index contributed by atoms with van der Waals surface area (Å²) in [5, 5.41) is 0. The van der Waals surface area contributed by atoms with E-state index in [1.807, 2.05) is 13.8 Å². The monoisotopic (exact) mass is 236 g/mol. The molecule has 1 aromatic carbocycles. The van der Waals surface area contributed by atoms with Gasteiger partial charge in [-0.15, -0.1) is 0 Å². The van der Waals surface area contributed by atoms with Gasteiger partial charge in [-0.05, 0) is 26.0 Å². The van der Waals surface area contributed by atoms with E-state index in [1.54, 1.807) is 19.2 Å². The molecule has 1 aliphatic rings. The third-order valence-corrected chi connectivity index (χ3v) is 2.83. The normalized spacial score (nSPS) is 16.0. The van der Waals surface area contributed by atoms with Gasteiger partial charge in [0.15, 0.2) is 11.5 Å². The first-order chi connectivity index (χ1) is 7.98. The number of carbonyl (C=O) groups excluding carboxylic acids is 1. The van der Waals surface area contributed by atoms with Gasteiger partial charge in [-0.25, -0.2) is 4.79 Å². The second kappa shape index (κ2) is 3.95. The van der Waals surface area contributed by atoms with Crippen molar-refractivity contribution in [3.8, 4) is 11.5 Å². The van der Waals surface area contributed by atoms with Crippen molar-refractivity contribution in [2.24, 2.45) is 0 Å². The van der Waals surface area contributed by atoms with Crippen LogP contribution in [0.5, 0.6) is 11.5 Å². The zero-order chi connectivity index (χ0) is 12.6. The van der Waals surface area contributed by atoms with Crippen LogP contribution in [0.1, 0.15) is 29.8 Å². The van der Waals surface area contributed by atoms with Crippen LogP contribution in [-0.4, -0.2) is 25.8 Å². The number of fused-ring (bicyclic) bond motifs is 1. The summed E-state index contributed by atoms with van der Waals surface area (Å²) in [4.78, 5) is 11.7. The summed E-state index contributed by atoms with van der Waals surface area (Å²) in [5.74, 6) is 0.962. The van der Waals surface area contributed by atoms with Gasteiger partial charge in [0.05, 0.1) is 19.8 Å². The Hall–Kier alpha value is -1.71. The van der Waals surface area contributed by atoms with Crippen LogP contribution in [0.15, 0.2) is 12.1 Å². The molecular formula is C13H16O4. The van der Waals surface area contributed by atoms with Gasteiger partial charge < -0.3 is 14.2 Å². The smallest absolute Gasteiger partial charge is 0.338 e. The van der Waals surface area contributed by atoms with Crippen LogP contribution in [0.3, 0.4) is 0 Å². The maximum absolute atomic E-state index is 11.7. The highest BCUT2D eigenvalue weighted by Gasteiger charge is 2.35. The molecule has 4 nitrogen and oxygen atoms in total. The predicted molar refractivity (Wildman–Crippen MR) is 62.7 cm³/mol. The molecule has 0 spiro atoms. The van der Waals surface area contributed by atoms with E-state index in [9.17, 15) is 4.79 Å². The Kier molecular flexibility index (Phi) is 2.73. The van der Waals surface area contributed by atoms with E-state index in [2.05, 4.69) is 0 Å². The molecule has 0 bridgehead atoms. The van der Waals surface area contributed by atoms with Gasteiger partial charge in [-0.3, -0.25) is 0 Å². The van der Waals surface area contributed by atoms with E-state index in [0.29, 0.717) is 23.5 Å². The molecule has 0 unspecified atom stereocenters. The van der Waals surface area contributed by atoms with Crippen molar-refractivity contribution < 1.29 is 19.0 Å². The fourth-order valence-corrected chi connectivity index (χ4v) is 2.09. The average Bonchev–Trinajstić information content (AvgIpc) is 2.61. The van der Waals surface area contributed by atoms with Gasteiger partial charge in [0.25, 0.3) is 0 Å². The van der Waals surface area contributed by atoms with Crippen LogP contribution in [-0.2, 0) is 11.2 Å². The number of esters is 1.